The van der Waals surface area contributed by atoms with Crippen LogP contribution in [-0.4, -0.2) is 43.0 Å². The SMILES string of the molecule is COC(=O)C1CCCN1C(=O)c1csc(C#CCN)c1. The number of esters is 1. The number of methoxy groups -OCH3 is 1. The van der Waals surface area contributed by atoms with Gasteiger partial charge in [-0.3, -0.25) is 4.79 Å². The number of amides is 1. The molecule has 1 fully saturated rings. The Morgan fingerprint density at radius 3 is 3.10 bits per heavy atom. The van der Waals surface area contributed by atoms with Crippen LogP contribution in [0.5, 0.6) is 0 Å². The molecule has 0 radical (unpaired) electrons. The van der Waals surface area contributed by atoms with Crippen LogP contribution in [0.2, 0.25) is 0 Å². The van der Waals surface area contributed by atoms with Crippen LogP contribution < -0.4 is 5.73 Å². The van der Waals surface area contributed by atoms with Crippen LogP contribution in [0.1, 0.15) is 28.1 Å². The van der Waals surface area contributed by atoms with E-state index in [2.05, 4.69) is 11.8 Å². The van der Waals surface area contributed by atoms with Gasteiger partial charge in [-0.05, 0) is 18.9 Å². The number of rotatable bonds is 2. The number of likely N-dealkylation sites (tertiary alicyclic amines) is 1. The molecule has 2 rings (SSSR count). The summed E-state index contributed by atoms with van der Waals surface area (Å²) in [5.41, 5.74) is 5.88. The van der Waals surface area contributed by atoms with E-state index in [-0.39, 0.29) is 18.4 Å². The molecule has 20 heavy (non-hydrogen) atoms. The summed E-state index contributed by atoms with van der Waals surface area (Å²) in [7, 11) is 1.34. The summed E-state index contributed by atoms with van der Waals surface area (Å²) >= 11 is 1.40. The maximum atomic E-state index is 12.4. The monoisotopic (exact) mass is 292 g/mol. The van der Waals surface area contributed by atoms with Gasteiger partial charge in [0.1, 0.15) is 6.04 Å². The first kappa shape index (κ1) is 14.6. The van der Waals surface area contributed by atoms with Crippen molar-refractivity contribution in [3.63, 3.8) is 0 Å². The predicted octanol–water partition coefficient (Wildman–Crippen LogP) is 0.836. The summed E-state index contributed by atoms with van der Waals surface area (Å²) in [6.45, 7) is 0.871. The van der Waals surface area contributed by atoms with Gasteiger partial charge in [0.2, 0.25) is 0 Å². The molecule has 2 N–H and O–H groups in total. The Hall–Kier alpha value is -1.84. The van der Waals surface area contributed by atoms with E-state index in [9.17, 15) is 9.59 Å². The smallest absolute Gasteiger partial charge is 0.328 e. The summed E-state index contributed by atoms with van der Waals surface area (Å²) in [6, 6.07) is 1.27. The van der Waals surface area contributed by atoms with Crippen molar-refractivity contribution >= 4 is 23.2 Å². The number of nitrogens with two attached hydrogens (primary N) is 1. The van der Waals surface area contributed by atoms with Crippen molar-refractivity contribution in [2.24, 2.45) is 5.73 Å². The zero-order chi connectivity index (χ0) is 14.5. The lowest BCUT2D eigenvalue weighted by Gasteiger charge is -2.22. The normalized spacial score (nSPS) is 17.5. The van der Waals surface area contributed by atoms with Crippen molar-refractivity contribution in [2.45, 2.75) is 18.9 Å². The quantitative estimate of drug-likeness (QED) is 0.647. The van der Waals surface area contributed by atoms with Gasteiger partial charge in [-0.2, -0.15) is 0 Å². The maximum Gasteiger partial charge on any atom is 0.328 e. The highest BCUT2D eigenvalue weighted by molar-refractivity contribution is 7.10. The Morgan fingerprint density at radius 2 is 2.40 bits per heavy atom. The molecule has 0 aromatic carbocycles. The Labute approximate surface area is 121 Å². The van der Waals surface area contributed by atoms with Crippen LogP contribution >= 0.6 is 11.3 Å². The molecule has 0 aliphatic carbocycles. The molecule has 1 unspecified atom stereocenters. The fraction of sp³-hybridized carbons (Fsp3) is 0.429. The van der Waals surface area contributed by atoms with E-state index in [1.54, 1.807) is 16.3 Å². The van der Waals surface area contributed by atoms with E-state index >= 15 is 0 Å². The summed E-state index contributed by atoms with van der Waals surface area (Å²) < 4.78 is 4.74. The first-order valence-corrected chi connectivity index (χ1v) is 7.21. The molecule has 0 saturated carbocycles. The average molecular weight is 292 g/mol. The second-order valence-corrected chi connectivity index (χ2v) is 5.30. The number of nitrogens with zero attached hydrogens (tertiary/aromatic N) is 1. The van der Waals surface area contributed by atoms with Crippen molar-refractivity contribution in [3.05, 3.63) is 21.9 Å². The van der Waals surface area contributed by atoms with Crippen LogP contribution in [0, 0.1) is 11.8 Å². The zero-order valence-electron chi connectivity index (χ0n) is 11.2. The number of hydrogen-bond acceptors (Lipinski definition) is 5. The van der Waals surface area contributed by atoms with Gasteiger partial charge in [0.15, 0.2) is 0 Å². The van der Waals surface area contributed by atoms with E-state index in [0.717, 1.165) is 11.3 Å². The highest BCUT2D eigenvalue weighted by Crippen LogP contribution is 2.23. The molecule has 1 saturated heterocycles. The van der Waals surface area contributed by atoms with Crippen LogP contribution in [-0.2, 0) is 9.53 Å². The molecule has 0 spiro atoms. The second kappa shape index (κ2) is 6.55. The van der Waals surface area contributed by atoms with E-state index in [1.807, 2.05) is 0 Å². The zero-order valence-corrected chi connectivity index (χ0v) is 12.0. The van der Waals surface area contributed by atoms with Crippen molar-refractivity contribution < 1.29 is 14.3 Å². The van der Waals surface area contributed by atoms with E-state index in [4.69, 9.17) is 10.5 Å². The largest absolute Gasteiger partial charge is 0.467 e. The van der Waals surface area contributed by atoms with Gasteiger partial charge in [0.05, 0.1) is 24.1 Å². The summed E-state index contributed by atoms with van der Waals surface area (Å²) in [4.78, 5) is 26.5. The molecule has 6 heteroatoms. The van der Waals surface area contributed by atoms with E-state index in [0.29, 0.717) is 18.5 Å². The lowest BCUT2D eigenvalue weighted by molar-refractivity contribution is -0.145. The van der Waals surface area contributed by atoms with Gasteiger partial charge in [0.25, 0.3) is 5.91 Å². The minimum atomic E-state index is -0.467. The first-order valence-electron chi connectivity index (χ1n) is 6.33. The standard InChI is InChI=1S/C14H16N2O3S/c1-19-14(18)12-5-3-7-16(12)13(17)10-8-11(20-9-10)4-2-6-15/h8-9,12H,3,5-7,15H2,1H3. The summed E-state index contributed by atoms with van der Waals surface area (Å²) in [5.74, 6) is 5.15. The third-order valence-electron chi connectivity index (χ3n) is 3.15. The highest BCUT2D eigenvalue weighted by atomic mass is 32.1. The van der Waals surface area contributed by atoms with Crippen molar-refractivity contribution in [1.29, 1.82) is 0 Å². The van der Waals surface area contributed by atoms with Crippen molar-refractivity contribution in [2.75, 3.05) is 20.2 Å². The predicted molar refractivity (Wildman–Crippen MR) is 76.3 cm³/mol. The number of hydrogen-bond donors (Lipinski definition) is 1. The van der Waals surface area contributed by atoms with E-state index < -0.39 is 6.04 Å². The summed E-state index contributed by atoms with van der Waals surface area (Å²) in [6.07, 6.45) is 1.47. The van der Waals surface area contributed by atoms with Gasteiger partial charge in [-0.1, -0.05) is 11.8 Å². The number of carbonyl (C=O) groups excluding carboxylic acids is 2. The van der Waals surface area contributed by atoms with Gasteiger partial charge >= 0.3 is 5.97 Å². The second-order valence-electron chi connectivity index (χ2n) is 4.39. The van der Waals surface area contributed by atoms with Gasteiger partial charge in [-0.15, -0.1) is 11.3 Å². The third kappa shape index (κ3) is 3.00. The molecule has 1 atom stereocenters. The third-order valence-corrected chi connectivity index (χ3v) is 3.99. The van der Waals surface area contributed by atoms with Crippen molar-refractivity contribution in [3.8, 4) is 11.8 Å². The average Bonchev–Trinajstić information content (AvgIpc) is 3.12. The minimum absolute atomic E-state index is 0.144. The fourth-order valence-corrected chi connectivity index (χ4v) is 2.96. The molecule has 5 nitrogen and oxygen atoms in total. The van der Waals surface area contributed by atoms with Crippen LogP contribution in [0.25, 0.3) is 0 Å². The van der Waals surface area contributed by atoms with E-state index in [1.165, 1.54) is 18.4 Å². The number of ether oxygens (including phenoxy) is 1. The lowest BCUT2D eigenvalue weighted by Crippen LogP contribution is -2.40. The van der Waals surface area contributed by atoms with Gasteiger partial charge < -0.3 is 15.4 Å². The van der Waals surface area contributed by atoms with Crippen molar-refractivity contribution in [1.82, 2.24) is 4.90 Å². The lowest BCUT2D eigenvalue weighted by atomic mass is 10.2. The summed E-state index contributed by atoms with van der Waals surface area (Å²) in [5, 5.41) is 1.76. The minimum Gasteiger partial charge on any atom is -0.467 e. The molecule has 1 aromatic rings. The molecule has 0 bridgehead atoms. The Bertz CT molecular complexity index is 570. The Balaban J connectivity index is 2.14. The number of carbonyl (C=O) groups is 2. The molecule has 106 valence electrons. The molecule has 1 amide bonds. The highest BCUT2D eigenvalue weighted by Gasteiger charge is 2.35. The molecular weight excluding hydrogens is 276 g/mol. The van der Waals surface area contributed by atoms with Gasteiger partial charge in [-0.25, -0.2) is 4.79 Å². The van der Waals surface area contributed by atoms with Crippen LogP contribution in [0.15, 0.2) is 11.4 Å². The van der Waals surface area contributed by atoms with Gasteiger partial charge in [0, 0.05) is 11.9 Å². The number of thiophene rings is 1. The molecular formula is C14H16N2O3S. The molecule has 1 aromatic heterocycles. The topological polar surface area (TPSA) is 72.6 Å². The Kier molecular flexibility index (Phi) is 4.77. The maximum absolute atomic E-state index is 12.4. The molecule has 1 aliphatic heterocycles. The first-order chi connectivity index (χ1) is 9.67. The van der Waals surface area contributed by atoms with Crippen LogP contribution in [0.3, 0.4) is 0 Å². The molecule has 2 heterocycles. The molecule has 1 aliphatic rings. The fourth-order valence-electron chi connectivity index (χ4n) is 2.21. The van der Waals surface area contributed by atoms with Crippen LogP contribution in [0.4, 0.5) is 0 Å². The Morgan fingerprint density at radius 1 is 1.60 bits per heavy atom.